The third-order valence-corrected chi connectivity index (χ3v) is 5.90. The molecule has 118 valence electrons. The van der Waals surface area contributed by atoms with Crippen molar-refractivity contribution in [2.24, 2.45) is 27.7 Å². The molecule has 22 heavy (non-hydrogen) atoms. The molecule has 0 aromatic heterocycles. The van der Waals surface area contributed by atoms with Gasteiger partial charge in [0.05, 0.1) is 6.04 Å². The highest BCUT2D eigenvalue weighted by Gasteiger charge is 2.37. The first-order valence-corrected chi connectivity index (χ1v) is 8.60. The molecule has 4 aliphatic heterocycles. The fraction of sp³-hybridized carbons (Fsp3) is 0.667. The van der Waals surface area contributed by atoms with E-state index < -0.39 is 0 Å². The number of rotatable bonds is 0. The van der Waals surface area contributed by atoms with Gasteiger partial charge in [0.1, 0.15) is 17.5 Å². The highest BCUT2D eigenvalue weighted by Crippen LogP contribution is 2.39. The van der Waals surface area contributed by atoms with Crippen molar-refractivity contribution in [3.63, 3.8) is 0 Å². The number of nitrogens with zero attached hydrogens (tertiary/aromatic N) is 2. The van der Waals surface area contributed by atoms with Crippen molar-refractivity contribution in [1.29, 1.82) is 0 Å². The molecule has 4 heterocycles. The van der Waals surface area contributed by atoms with E-state index in [2.05, 4.69) is 38.3 Å². The maximum Gasteiger partial charge on any atom is 0.132 e. The second-order valence-electron chi connectivity index (χ2n) is 7.58. The van der Waals surface area contributed by atoms with Gasteiger partial charge < -0.3 is 10.6 Å². The van der Waals surface area contributed by atoms with Gasteiger partial charge in [-0.15, -0.1) is 0 Å². The minimum absolute atomic E-state index is 0.422. The molecule has 0 radical (unpaired) electrons. The summed E-state index contributed by atoms with van der Waals surface area (Å²) in [5.74, 6) is 5.20. The molecule has 0 fully saturated rings. The standard InChI is InChI=1S/C18H26N4/c1-9-5-13-7-15-8-14-6-10(2)12(4)20-17(14)22-18(15)21-16(13)19-11(9)3/h9,11,13-14H,5-8H2,1-4H3,(H,19,21)(H,20,22). The largest absolute Gasteiger partial charge is 0.347 e. The second kappa shape index (κ2) is 4.97. The van der Waals surface area contributed by atoms with E-state index in [1.165, 1.54) is 29.1 Å². The number of aliphatic imine (C=N–C) groups is 2. The second-order valence-corrected chi connectivity index (χ2v) is 7.58. The Morgan fingerprint density at radius 1 is 0.955 bits per heavy atom. The Morgan fingerprint density at radius 3 is 2.55 bits per heavy atom. The summed E-state index contributed by atoms with van der Waals surface area (Å²) in [4.78, 5) is 9.78. The van der Waals surface area contributed by atoms with Gasteiger partial charge in [0.15, 0.2) is 0 Å². The van der Waals surface area contributed by atoms with Crippen LogP contribution in [0.15, 0.2) is 32.6 Å². The van der Waals surface area contributed by atoms with E-state index in [0.717, 1.165) is 30.9 Å². The molecule has 4 unspecified atom stereocenters. The van der Waals surface area contributed by atoms with Gasteiger partial charge >= 0.3 is 0 Å². The lowest BCUT2D eigenvalue weighted by atomic mass is 9.78. The molecule has 0 aromatic carbocycles. The minimum atomic E-state index is 0.422. The minimum Gasteiger partial charge on any atom is -0.347 e. The molecule has 4 heteroatoms. The van der Waals surface area contributed by atoms with Crippen molar-refractivity contribution in [3.05, 3.63) is 22.7 Å². The van der Waals surface area contributed by atoms with Crippen LogP contribution in [0, 0.1) is 17.8 Å². The molecule has 4 nitrogen and oxygen atoms in total. The first-order chi connectivity index (χ1) is 10.5. The molecule has 0 amide bonds. The summed E-state index contributed by atoms with van der Waals surface area (Å²) in [5, 5.41) is 7.06. The summed E-state index contributed by atoms with van der Waals surface area (Å²) in [6.45, 7) is 8.93. The predicted molar refractivity (Wildman–Crippen MR) is 90.6 cm³/mol. The van der Waals surface area contributed by atoms with Crippen LogP contribution in [0.25, 0.3) is 0 Å². The van der Waals surface area contributed by atoms with Gasteiger partial charge in [-0.1, -0.05) is 12.5 Å². The van der Waals surface area contributed by atoms with Gasteiger partial charge in [0, 0.05) is 17.5 Å². The first kappa shape index (κ1) is 14.0. The molecular formula is C18H26N4. The van der Waals surface area contributed by atoms with Gasteiger partial charge in [-0.25, -0.2) is 4.99 Å². The smallest absolute Gasteiger partial charge is 0.132 e. The fourth-order valence-electron chi connectivity index (χ4n) is 4.14. The lowest BCUT2D eigenvalue weighted by molar-refractivity contribution is 0.362. The van der Waals surface area contributed by atoms with Gasteiger partial charge in [0.25, 0.3) is 0 Å². The van der Waals surface area contributed by atoms with Crippen LogP contribution >= 0.6 is 0 Å². The van der Waals surface area contributed by atoms with E-state index in [1.807, 2.05) is 0 Å². The number of fused-ring (bicyclic) bond motifs is 2. The Bertz CT molecular complexity index is 637. The number of allylic oxidation sites excluding steroid dienone is 3. The van der Waals surface area contributed by atoms with Gasteiger partial charge in [0.2, 0.25) is 0 Å². The van der Waals surface area contributed by atoms with Crippen molar-refractivity contribution in [2.45, 2.75) is 59.4 Å². The van der Waals surface area contributed by atoms with Crippen LogP contribution in [-0.2, 0) is 0 Å². The summed E-state index contributed by atoms with van der Waals surface area (Å²) in [7, 11) is 0. The highest BCUT2D eigenvalue weighted by molar-refractivity contribution is 5.93. The number of hydrogen-bond donors (Lipinski definition) is 2. The molecular weight excluding hydrogens is 272 g/mol. The van der Waals surface area contributed by atoms with Crippen molar-refractivity contribution < 1.29 is 0 Å². The molecule has 0 aromatic rings. The summed E-state index contributed by atoms with van der Waals surface area (Å²) in [6, 6.07) is 0.422. The molecule has 4 aliphatic rings. The Hall–Kier alpha value is -1.58. The van der Waals surface area contributed by atoms with E-state index >= 15 is 0 Å². The molecule has 4 rings (SSSR count). The molecule has 0 saturated carbocycles. The summed E-state index contributed by atoms with van der Waals surface area (Å²) in [6.07, 6.45) is 4.69. The average molecular weight is 298 g/mol. The zero-order valence-corrected chi connectivity index (χ0v) is 14.0. The van der Waals surface area contributed by atoms with E-state index in [4.69, 9.17) is 9.98 Å². The maximum absolute atomic E-state index is 4.90. The first-order valence-electron chi connectivity index (χ1n) is 8.60. The zero-order valence-electron chi connectivity index (χ0n) is 14.0. The molecule has 2 N–H and O–H groups in total. The van der Waals surface area contributed by atoms with Crippen LogP contribution in [0.2, 0.25) is 0 Å². The topological polar surface area (TPSA) is 48.8 Å². The van der Waals surface area contributed by atoms with Crippen molar-refractivity contribution in [3.8, 4) is 0 Å². The Kier molecular flexibility index (Phi) is 3.17. The predicted octanol–water partition coefficient (Wildman–Crippen LogP) is 3.34. The van der Waals surface area contributed by atoms with Crippen LogP contribution in [-0.4, -0.2) is 17.7 Å². The Labute approximate surface area is 132 Å². The van der Waals surface area contributed by atoms with Crippen molar-refractivity contribution in [2.75, 3.05) is 0 Å². The zero-order chi connectivity index (χ0) is 15.4. The summed E-state index contributed by atoms with van der Waals surface area (Å²) in [5.41, 5.74) is 4.25. The lowest BCUT2D eigenvalue weighted by Gasteiger charge is -2.39. The maximum atomic E-state index is 4.90. The quantitative estimate of drug-likeness (QED) is 0.720. The molecule has 0 saturated heterocycles. The number of hydrogen-bond acceptors (Lipinski definition) is 4. The van der Waals surface area contributed by atoms with Crippen LogP contribution in [0.1, 0.15) is 53.4 Å². The normalized spacial score (nSPS) is 37.3. The Balaban J connectivity index is 1.63. The van der Waals surface area contributed by atoms with E-state index in [0.29, 0.717) is 23.8 Å². The molecule has 4 atom stereocenters. The van der Waals surface area contributed by atoms with Crippen molar-refractivity contribution >= 4 is 11.7 Å². The monoisotopic (exact) mass is 298 g/mol. The van der Waals surface area contributed by atoms with Crippen molar-refractivity contribution in [1.82, 2.24) is 10.6 Å². The highest BCUT2D eigenvalue weighted by atomic mass is 15.2. The van der Waals surface area contributed by atoms with Crippen LogP contribution in [0.3, 0.4) is 0 Å². The number of nitrogens with one attached hydrogen (secondary N) is 2. The van der Waals surface area contributed by atoms with Crippen LogP contribution in [0.5, 0.6) is 0 Å². The van der Waals surface area contributed by atoms with Crippen LogP contribution < -0.4 is 10.6 Å². The lowest BCUT2D eigenvalue weighted by Crippen LogP contribution is -2.45. The number of amidine groups is 2. The average Bonchev–Trinajstić information content (AvgIpc) is 2.46. The molecule has 0 spiro atoms. The Morgan fingerprint density at radius 2 is 1.73 bits per heavy atom. The summed E-state index contributed by atoms with van der Waals surface area (Å²) >= 11 is 0. The van der Waals surface area contributed by atoms with Crippen LogP contribution in [0.4, 0.5) is 0 Å². The molecule has 0 aliphatic carbocycles. The SMILES string of the molecule is CC1=C(C)NC2=NC3=C(CC2C1)CC1CC(C)C(C)N=C1N3. The van der Waals surface area contributed by atoms with E-state index in [1.54, 1.807) is 0 Å². The van der Waals surface area contributed by atoms with Gasteiger partial charge in [-0.2, -0.15) is 0 Å². The van der Waals surface area contributed by atoms with Gasteiger partial charge in [-0.3, -0.25) is 4.99 Å². The van der Waals surface area contributed by atoms with Gasteiger partial charge in [-0.05, 0) is 57.9 Å². The summed E-state index contributed by atoms with van der Waals surface area (Å²) < 4.78 is 0. The van der Waals surface area contributed by atoms with E-state index in [9.17, 15) is 0 Å². The third kappa shape index (κ3) is 2.20. The molecule has 0 bridgehead atoms. The fourth-order valence-corrected chi connectivity index (χ4v) is 4.14. The van der Waals surface area contributed by atoms with E-state index in [-0.39, 0.29) is 0 Å². The third-order valence-electron chi connectivity index (χ3n) is 5.90.